The summed E-state index contributed by atoms with van der Waals surface area (Å²) in [5, 5.41) is 3.40. The topological polar surface area (TPSA) is 66.5 Å². The van der Waals surface area contributed by atoms with E-state index < -0.39 is 22.5 Å². The maximum atomic E-state index is 13.5. The standard InChI is InChI=1S/C24H24Cl2N2O3S/c1-16-4-8-19(9-5-16)18(3)27-24(29)15-28(22-13-20(25)12-21(26)14-22)32(30,31)23-10-6-17(2)7-11-23/h4-14,18H,15H2,1-3H3,(H,27,29)/t18-/m1/s1. The van der Waals surface area contributed by atoms with Crippen LogP contribution >= 0.6 is 23.2 Å². The summed E-state index contributed by atoms with van der Waals surface area (Å²) >= 11 is 12.2. The smallest absolute Gasteiger partial charge is 0.264 e. The second kappa shape index (κ2) is 9.94. The van der Waals surface area contributed by atoms with Gasteiger partial charge in [-0.1, -0.05) is 70.7 Å². The number of carbonyl (C=O) groups excluding carboxylic acids is 1. The Hall–Kier alpha value is -2.54. The Morgan fingerprint density at radius 3 is 1.94 bits per heavy atom. The number of benzene rings is 3. The van der Waals surface area contributed by atoms with Gasteiger partial charge in [-0.05, 0) is 56.7 Å². The SMILES string of the molecule is Cc1ccc([C@@H](C)NC(=O)CN(c2cc(Cl)cc(Cl)c2)S(=O)(=O)c2ccc(C)cc2)cc1. The van der Waals surface area contributed by atoms with Gasteiger partial charge in [0.1, 0.15) is 6.54 Å². The van der Waals surface area contributed by atoms with E-state index in [0.29, 0.717) is 0 Å². The number of sulfonamides is 1. The molecule has 1 amide bonds. The minimum atomic E-state index is -4.05. The summed E-state index contributed by atoms with van der Waals surface area (Å²) in [6, 6.07) is 18.3. The summed E-state index contributed by atoms with van der Waals surface area (Å²) in [5.74, 6) is -0.454. The van der Waals surface area contributed by atoms with Gasteiger partial charge in [-0.2, -0.15) is 0 Å². The molecule has 3 aromatic rings. The Balaban J connectivity index is 1.92. The second-order valence-corrected chi connectivity index (χ2v) is 10.4. The van der Waals surface area contributed by atoms with Crippen LogP contribution in [0.1, 0.15) is 29.7 Å². The van der Waals surface area contributed by atoms with Crippen molar-refractivity contribution in [2.24, 2.45) is 0 Å². The van der Waals surface area contributed by atoms with Gasteiger partial charge in [-0.3, -0.25) is 9.10 Å². The zero-order valence-electron chi connectivity index (χ0n) is 18.0. The summed E-state index contributed by atoms with van der Waals surface area (Å²) in [6.07, 6.45) is 0. The summed E-state index contributed by atoms with van der Waals surface area (Å²) < 4.78 is 27.9. The number of amides is 1. The third-order valence-corrected chi connectivity index (χ3v) is 7.21. The zero-order chi connectivity index (χ0) is 23.5. The average molecular weight is 491 g/mol. The van der Waals surface area contributed by atoms with Crippen molar-refractivity contribution < 1.29 is 13.2 Å². The first-order valence-electron chi connectivity index (χ1n) is 9.97. The number of halogens is 2. The molecule has 0 aliphatic heterocycles. The van der Waals surface area contributed by atoms with Crippen LogP contribution in [-0.4, -0.2) is 20.9 Å². The Kier molecular flexibility index (Phi) is 7.49. The Labute approximate surface area is 199 Å². The van der Waals surface area contributed by atoms with E-state index in [4.69, 9.17) is 23.2 Å². The lowest BCUT2D eigenvalue weighted by atomic mass is 10.1. The van der Waals surface area contributed by atoms with Gasteiger partial charge in [0.2, 0.25) is 5.91 Å². The molecule has 1 N–H and O–H groups in total. The third-order valence-electron chi connectivity index (χ3n) is 4.99. The fourth-order valence-electron chi connectivity index (χ4n) is 3.19. The fourth-order valence-corrected chi connectivity index (χ4v) is 5.11. The molecular weight excluding hydrogens is 467 g/mol. The molecule has 168 valence electrons. The fraction of sp³-hybridized carbons (Fsp3) is 0.208. The summed E-state index contributed by atoms with van der Waals surface area (Å²) in [6.45, 7) is 5.27. The van der Waals surface area contributed by atoms with Crippen molar-refractivity contribution in [3.63, 3.8) is 0 Å². The van der Waals surface area contributed by atoms with E-state index in [9.17, 15) is 13.2 Å². The van der Waals surface area contributed by atoms with Gasteiger partial charge >= 0.3 is 0 Å². The molecule has 32 heavy (non-hydrogen) atoms. The van der Waals surface area contributed by atoms with Crippen LogP contribution in [0, 0.1) is 13.8 Å². The van der Waals surface area contributed by atoms with Gasteiger partial charge in [-0.25, -0.2) is 8.42 Å². The number of hydrogen-bond donors (Lipinski definition) is 1. The van der Waals surface area contributed by atoms with Gasteiger partial charge in [0, 0.05) is 10.0 Å². The van der Waals surface area contributed by atoms with Crippen LogP contribution < -0.4 is 9.62 Å². The first-order valence-corrected chi connectivity index (χ1v) is 12.2. The normalized spacial score (nSPS) is 12.3. The minimum Gasteiger partial charge on any atom is -0.348 e. The number of carbonyl (C=O) groups is 1. The molecule has 0 saturated carbocycles. The van der Waals surface area contributed by atoms with Crippen molar-refractivity contribution in [1.29, 1.82) is 0 Å². The molecular formula is C24H24Cl2N2O3S. The van der Waals surface area contributed by atoms with Crippen molar-refractivity contribution in [2.45, 2.75) is 31.7 Å². The number of rotatable bonds is 7. The van der Waals surface area contributed by atoms with E-state index in [1.165, 1.54) is 30.3 Å². The van der Waals surface area contributed by atoms with Gasteiger partial charge in [0.25, 0.3) is 10.0 Å². The number of anilines is 1. The number of aryl methyl sites for hydroxylation is 2. The molecule has 0 aliphatic rings. The average Bonchev–Trinajstić information content (AvgIpc) is 2.72. The van der Waals surface area contributed by atoms with Gasteiger partial charge in [0.15, 0.2) is 0 Å². The van der Waals surface area contributed by atoms with Crippen LogP contribution in [0.3, 0.4) is 0 Å². The lowest BCUT2D eigenvalue weighted by Gasteiger charge is -2.25. The van der Waals surface area contributed by atoms with Crippen LogP contribution in [0.5, 0.6) is 0 Å². The number of nitrogens with one attached hydrogen (secondary N) is 1. The highest BCUT2D eigenvalue weighted by Crippen LogP contribution is 2.30. The van der Waals surface area contributed by atoms with Crippen molar-refractivity contribution in [2.75, 3.05) is 10.8 Å². The van der Waals surface area contributed by atoms with Crippen molar-refractivity contribution in [1.82, 2.24) is 5.32 Å². The highest BCUT2D eigenvalue weighted by Gasteiger charge is 2.28. The maximum absolute atomic E-state index is 13.5. The Morgan fingerprint density at radius 1 is 0.906 bits per heavy atom. The lowest BCUT2D eigenvalue weighted by molar-refractivity contribution is -0.120. The van der Waals surface area contributed by atoms with E-state index in [1.807, 2.05) is 45.0 Å². The number of nitrogens with zero attached hydrogens (tertiary/aromatic N) is 1. The Bertz CT molecular complexity index is 1190. The molecule has 0 aliphatic carbocycles. The summed E-state index contributed by atoms with van der Waals surface area (Å²) in [5.41, 5.74) is 3.16. The molecule has 0 unspecified atom stereocenters. The van der Waals surface area contributed by atoms with Crippen molar-refractivity contribution in [3.8, 4) is 0 Å². The predicted molar refractivity (Wildman–Crippen MR) is 130 cm³/mol. The Morgan fingerprint density at radius 2 is 1.41 bits per heavy atom. The van der Waals surface area contributed by atoms with E-state index in [-0.39, 0.29) is 26.7 Å². The third kappa shape index (κ3) is 5.82. The second-order valence-electron chi connectivity index (χ2n) is 7.65. The van der Waals surface area contributed by atoms with Crippen LogP contribution in [0.15, 0.2) is 71.6 Å². The molecule has 8 heteroatoms. The molecule has 0 spiro atoms. The molecule has 0 saturated heterocycles. The van der Waals surface area contributed by atoms with Crippen LogP contribution in [0.2, 0.25) is 10.0 Å². The van der Waals surface area contributed by atoms with Crippen molar-refractivity contribution >= 4 is 44.8 Å². The maximum Gasteiger partial charge on any atom is 0.264 e. The summed E-state index contributed by atoms with van der Waals surface area (Å²) in [4.78, 5) is 13.0. The minimum absolute atomic E-state index is 0.0681. The van der Waals surface area contributed by atoms with Crippen LogP contribution in [0.4, 0.5) is 5.69 Å². The van der Waals surface area contributed by atoms with Gasteiger partial charge in [-0.15, -0.1) is 0 Å². The molecule has 3 rings (SSSR count). The highest BCUT2D eigenvalue weighted by molar-refractivity contribution is 7.92. The molecule has 0 bridgehead atoms. The molecule has 3 aromatic carbocycles. The molecule has 0 radical (unpaired) electrons. The molecule has 1 atom stereocenters. The van der Waals surface area contributed by atoms with E-state index in [2.05, 4.69) is 5.32 Å². The number of hydrogen-bond acceptors (Lipinski definition) is 3. The molecule has 0 heterocycles. The van der Waals surface area contributed by atoms with Crippen molar-refractivity contribution in [3.05, 3.63) is 93.5 Å². The zero-order valence-corrected chi connectivity index (χ0v) is 20.3. The van der Waals surface area contributed by atoms with Gasteiger partial charge < -0.3 is 5.32 Å². The first kappa shape index (κ1) is 24.1. The van der Waals surface area contributed by atoms with E-state index >= 15 is 0 Å². The predicted octanol–water partition coefficient (Wildman–Crippen LogP) is 5.68. The van der Waals surface area contributed by atoms with Gasteiger partial charge in [0.05, 0.1) is 16.6 Å². The molecule has 0 fully saturated rings. The van der Waals surface area contributed by atoms with Crippen LogP contribution in [-0.2, 0) is 14.8 Å². The van der Waals surface area contributed by atoms with Crippen LogP contribution in [0.25, 0.3) is 0 Å². The largest absolute Gasteiger partial charge is 0.348 e. The summed E-state index contributed by atoms with van der Waals surface area (Å²) in [7, 11) is -4.05. The molecule has 0 aromatic heterocycles. The quantitative estimate of drug-likeness (QED) is 0.462. The van der Waals surface area contributed by atoms with E-state index in [0.717, 1.165) is 21.0 Å². The van der Waals surface area contributed by atoms with E-state index in [1.54, 1.807) is 12.1 Å². The monoisotopic (exact) mass is 490 g/mol. The first-order chi connectivity index (χ1) is 15.1. The molecule has 5 nitrogen and oxygen atoms in total. The lowest BCUT2D eigenvalue weighted by Crippen LogP contribution is -2.41. The highest BCUT2D eigenvalue weighted by atomic mass is 35.5.